The minimum atomic E-state index is -4.74. The molecule has 7 N–H and O–H groups in total. The Kier molecular flexibility index (Phi) is 24.3. The number of carbonyl (C=O) groups is 4. The van der Waals surface area contributed by atoms with Crippen molar-refractivity contribution in [2.24, 2.45) is 20.5 Å². The molecule has 0 aliphatic carbocycles. The lowest BCUT2D eigenvalue weighted by Crippen LogP contribution is -2.30. The zero-order valence-corrected chi connectivity index (χ0v) is 57.6. The van der Waals surface area contributed by atoms with E-state index in [1.807, 2.05) is 61.8 Å². The molecule has 3 aromatic heterocycles. The molecule has 33 heteroatoms. The van der Waals surface area contributed by atoms with E-state index >= 15 is 0 Å². The van der Waals surface area contributed by atoms with E-state index in [1.165, 1.54) is 74.2 Å². The first-order chi connectivity index (χ1) is 46.1. The summed E-state index contributed by atoms with van der Waals surface area (Å²) in [4.78, 5) is 86.4. The molecular formula is C63H73N17O11S5. The first kappa shape index (κ1) is 71.3. The summed E-state index contributed by atoms with van der Waals surface area (Å²) in [5.41, 5.74) is 2.21. The van der Waals surface area contributed by atoms with Crippen molar-refractivity contribution in [3.8, 4) is 0 Å². The summed E-state index contributed by atoms with van der Waals surface area (Å²) < 4.78 is 68.5. The molecule has 0 unspecified atom stereocenters. The number of aromatic nitrogens is 5. The maximum atomic E-state index is 13.8. The number of piperidine rings is 2. The van der Waals surface area contributed by atoms with Crippen LogP contribution in [0, 0.1) is 0 Å². The van der Waals surface area contributed by atoms with Crippen LogP contribution in [0.3, 0.4) is 0 Å². The molecule has 5 heterocycles. The van der Waals surface area contributed by atoms with E-state index in [2.05, 4.69) is 41.3 Å². The maximum Gasteiger partial charge on any atom is 0.296 e. The van der Waals surface area contributed by atoms with Gasteiger partial charge in [0.15, 0.2) is 16.7 Å². The van der Waals surface area contributed by atoms with Crippen molar-refractivity contribution < 1.29 is 50.2 Å². The van der Waals surface area contributed by atoms with Gasteiger partial charge in [-0.3, -0.25) is 28.3 Å². The fourth-order valence-corrected chi connectivity index (χ4v) is 14.1. The topological polar surface area (TPSA) is 372 Å². The number of azo groups is 2. The van der Waals surface area contributed by atoms with Crippen LogP contribution < -0.4 is 40.9 Å². The van der Waals surface area contributed by atoms with E-state index in [9.17, 15) is 50.2 Å². The van der Waals surface area contributed by atoms with E-state index in [1.54, 1.807) is 12.1 Å². The number of amides is 2. The lowest BCUT2D eigenvalue weighted by molar-refractivity contribution is -0.120. The number of carbonyl (C=O) groups excluding carboxylic acids is 4. The van der Waals surface area contributed by atoms with E-state index in [0.29, 0.717) is 96.5 Å². The van der Waals surface area contributed by atoms with Crippen molar-refractivity contribution >= 4 is 169 Å². The Morgan fingerprint density at radius 1 is 0.552 bits per heavy atom. The summed E-state index contributed by atoms with van der Waals surface area (Å²) in [6.07, 6.45) is 8.29. The summed E-state index contributed by atoms with van der Waals surface area (Å²) in [5, 5.41) is 41.0. The number of nitrogens with one attached hydrogen (secondary N) is 4. The number of aliphatic hydroxyl groups is 1. The van der Waals surface area contributed by atoms with E-state index in [0.717, 1.165) is 84.7 Å². The smallest absolute Gasteiger partial charge is 0.296 e. The Morgan fingerprint density at radius 2 is 0.948 bits per heavy atom. The quantitative estimate of drug-likeness (QED) is 0.00572. The molecule has 0 radical (unpaired) electrons. The van der Waals surface area contributed by atoms with Crippen molar-refractivity contribution in [1.82, 2.24) is 24.9 Å². The summed E-state index contributed by atoms with van der Waals surface area (Å²) in [5.74, 6) is -1.68. The normalized spacial score (nSPS) is 14.1. The summed E-state index contributed by atoms with van der Waals surface area (Å²) in [7, 11) is -9.47. The molecule has 506 valence electrons. The van der Waals surface area contributed by atoms with E-state index in [4.69, 9.17) is 35.1 Å². The SMILES string of the molecule is CCN(CC)c1ccc(/N=N/c2nc(N3CCCCC3)c(/C=C(/C(C)=O)C(=O)Nc3ccccc3S(=O)(=O)O)s2)c(Nc2nc(Nc3cc(N(CC)CC)ccc3/N=N/c3nc(N4CCCCC4)c(/C=C(\C(C)=O)C(=O)Nc4ccccc4S(=O)(=O)O)s3)nc(SCCO)n2)c1. The van der Waals surface area contributed by atoms with Crippen LogP contribution in [0.4, 0.5) is 79.3 Å². The molecular weight excluding hydrogens is 1330 g/mol. The van der Waals surface area contributed by atoms with Gasteiger partial charge in [-0.25, -0.2) is 0 Å². The van der Waals surface area contributed by atoms with Crippen molar-refractivity contribution in [1.29, 1.82) is 0 Å². The molecule has 2 amide bonds. The van der Waals surface area contributed by atoms with Crippen molar-refractivity contribution in [2.75, 3.05) is 106 Å². The van der Waals surface area contributed by atoms with Crippen molar-refractivity contribution in [2.45, 2.75) is 95.0 Å². The molecule has 4 aromatic carbocycles. The van der Waals surface area contributed by atoms with Gasteiger partial charge in [-0.2, -0.15) is 41.8 Å². The van der Waals surface area contributed by atoms with E-state index in [-0.39, 0.29) is 62.2 Å². The average Bonchev–Trinajstić information content (AvgIpc) is 1.73. The lowest BCUT2D eigenvalue weighted by atomic mass is 10.1. The van der Waals surface area contributed by atoms with Crippen LogP contribution in [0.5, 0.6) is 0 Å². The molecule has 7 aromatic rings. The minimum absolute atomic E-state index is 0.0855. The molecule has 2 aliphatic heterocycles. The van der Waals surface area contributed by atoms with Gasteiger partial charge in [-0.05, 0) is 153 Å². The summed E-state index contributed by atoms with van der Waals surface area (Å²) in [6, 6.07) is 21.7. The largest absolute Gasteiger partial charge is 0.396 e. The summed E-state index contributed by atoms with van der Waals surface area (Å²) in [6.45, 7) is 15.7. The third-order valence-electron chi connectivity index (χ3n) is 15.3. The number of para-hydroxylation sites is 2. The zero-order valence-electron chi connectivity index (χ0n) is 53.5. The summed E-state index contributed by atoms with van der Waals surface area (Å²) >= 11 is 3.36. The van der Waals surface area contributed by atoms with Gasteiger partial charge in [0, 0.05) is 69.5 Å². The van der Waals surface area contributed by atoms with Gasteiger partial charge in [0.05, 0.1) is 50.3 Å². The highest BCUT2D eigenvalue weighted by molar-refractivity contribution is 7.99. The van der Waals surface area contributed by atoms with Crippen LogP contribution in [0.2, 0.25) is 0 Å². The second-order valence-electron chi connectivity index (χ2n) is 21.8. The van der Waals surface area contributed by atoms with Crippen LogP contribution in [-0.4, -0.2) is 144 Å². The number of thioether (sulfide) groups is 1. The molecule has 0 atom stereocenters. The van der Waals surface area contributed by atoms with Crippen LogP contribution in [0.1, 0.15) is 89.8 Å². The number of hydrogen-bond acceptors (Lipinski definition) is 27. The number of Topliss-reactive ketones (excluding diaryl/α,β-unsaturated/α-hetero) is 2. The van der Waals surface area contributed by atoms with Crippen LogP contribution in [0.25, 0.3) is 12.2 Å². The number of benzene rings is 4. The second kappa shape index (κ2) is 32.7. The fourth-order valence-electron chi connectivity index (χ4n) is 10.5. The first-order valence-corrected chi connectivity index (χ1v) is 36.4. The van der Waals surface area contributed by atoms with Crippen molar-refractivity contribution in [3.63, 3.8) is 0 Å². The van der Waals surface area contributed by atoms with Gasteiger partial charge in [0.2, 0.25) is 22.2 Å². The molecule has 2 fully saturated rings. The maximum absolute atomic E-state index is 13.8. The van der Waals surface area contributed by atoms with Gasteiger partial charge in [0.1, 0.15) is 32.8 Å². The zero-order chi connectivity index (χ0) is 68.7. The molecule has 0 spiro atoms. The third-order valence-corrected chi connectivity index (χ3v) is 19.7. The van der Waals surface area contributed by atoms with Crippen LogP contribution in [0.15, 0.2) is 131 Å². The molecule has 28 nitrogen and oxygen atoms in total. The highest BCUT2D eigenvalue weighted by atomic mass is 32.2. The number of hydrogen-bond donors (Lipinski definition) is 7. The van der Waals surface area contributed by atoms with Crippen molar-refractivity contribution in [3.05, 3.63) is 106 Å². The number of rotatable bonds is 29. The minimum Gasteiger partial charge on any atom is -0.396 e. The Hall–Kier alpha value is -8.96. The highest BCUT2D eigenvalue weighted by Gasteiger charge is 2.27. The molecule has 0 saturated carbocycles. The molecule has 2 aliphatic rings. The third kappa shape index (κ3) is 18.3. The molecule has 9 rings (SSSR count). The number of thiazole rings is 2. The Labute approximate surface area is 568 Å². The predicted molar refractivity (Wildman–Crippen MR) is 376 cm³/mol. The Morgan fingerprint density at radius 3 is 1.31 bits per heavy atom. The van der Waals surface area contributed by atoms with Gasteiger partial charge >= 0.3 is 0 Å². The van der Waals surface area contributed by atoms with Crippen LogP contribution >= 0.6 is 34.4 Å². The van der Waals surface area contributed by atoms with Gasteiger partial charge < -0.3 is 46.0 Å². The number of ketones is 2. The highest BCUT2D eigenvalue weighted by Crippen LogP contribution is 2.41. The standard InChI is InChI=1S/C63H73N17O11S5/c1-7-77(8-2)41-25-27-45(73-75-62-68-55(79-29-17-11-18-30-79)51(93-62)37-43(39(5)82)57(84)64-47-21-13-15-23-53(47)95(86,87)88)49(35-41)66-59-70-60(72-61(71-59)92-34-33-81)67-50-36-42(78(9-3)10-4)26-28-46(50)74-76-63-69-56(80-31-19-12-20-32-80)52(94-63)38-44(40(6)83)58(85)65-48-22-14-16-24-54(48)96(89,90)91/h13-16,21-28,35-38,81H,7-12,17-20,29-34H2,1-6H3,(H,64,84)(H,65,85)(H,86,87,88)(H,89,90,91)(H2,66,67,70,71,72)/b43-37-,44-38+,75-73+,76-74+. The van der Waals surface area contributed by atoms with Crippen LogP contribution in [-0.2, 0) is 39.4 Å². The molecule has 96 heavy (non-hydrogen) atoms. The molecule has 2 saturated heterocycles. The Balaban J connectivity index is 1.07. The van der Waals surface area contributed by atoms with Gasteiger partial charge in [0.25, 0.3) is 32.1 Å². The van der Waals surface area contributed by atoms with Gasteiger partial charge in [-0.15, -0.1) is 20.5 Å². The monoisotopic (exact) mass is 1400 g/mol. The number of anilines is 10. The average molecular weight is 1400 g/mol. The predicted octanol–water partition coefficient (Wildman–Crippen LogP) is 12.6. The number of aliphatic hydroxyl groups excluding tert-OH is 1. The molecule has 0 bridgehead atoms. The Bertz CT molecular complexity index is 4100. The van der Waals surface area contributed by atoms with Gasteiger partial charge in [-0.1, -0.05) is 58.7 Å². The first-order valence-electron chi connectivity index (χ1n) is 31.0. The number of nitrogens with zero attached hydrogens (tertiary/aromatic N) is 13. The lowest BCUT2D eigenvalue weighted by Gasteiger charge is -2.27. The van der Waals surface area contributed by atoms with E-state index < -0.39 is 53.4 Å². The second-order valence-corrected chi connectivity index (χ2v) is 27.6. The fraction of sp³-hybridized carbons (Fsp3) is 0.349.